The number of H-pyrrole nitrogens is 1. The number of nitrogens with one attached hydrogen (secondary N) is 3. The van der Waals surface area contributed by atoms with Crippen molar-refractivity contribution < 1.29 is 4.79 Å². The Morgan fingerprint density at radius 1 is 1.06 bits per heavy atom. The fourth-order valence-corrected chi connectivity index (χ4v) is 3.90. The van der Waals surface area contributed by atoms with E-state index in [2.05, 4.69) is 45.6 Å². The van der Waals surface area contributed by atoms with Crippen molar-refractivity contribution in [2.24, 2.45) is 0 Å². The number of nitrogens with zero attached hydrogens (tertiary/aromatic N) is 6. The van der Waals surface area contributed by atoms with Crippen LogP contribution in [0, 0.1) is 0 Å². The molecule has 1 aromatic carbocycles. The van der Waals surface area contributed by atoms with Crippen molar-refractivity contribution in [1.29, 1.82) is 0 Å². The third-order valence-corrected chi connectivity index (χ3v) is 5.65. The number of carbonyl (C=O) groups excluding carboxylic acids is 1. The Morgan fingerprint density at radius 2 is 1.97 bits per heavy atom. The second kappa shape index (κ2) is 9.60. The Labute approximate surface area is 190 Å². The molecule has 0 aliphatic carbocycles. The molecule has 1 aliphatic rings. The Kier molecular flexibility index (Phi) is 6.05. The van der Waals surface area contributed by atoms with E-state index in [0.29, 0.717) is 30.3 Å². The number of anilines is 1. The second-order valence-corrected chi connectivity index (χ2v) is 7.95. The first-order valence-corrected chi connectivity index (χ1v) is 11.1. The van der Waals surface area contributed by atoms with Crippen molar-refractivity contribution in [2.75, 3.05) is 5.32 Å². The molecule has 0 saturated heterocycles. The number of fused-ring (bicyclic) bond motifs is 1. The van der Waals surface area contributed by atoms with E-state index in [1.54, 1.807) is 18.5 Å². The number of aryl methyl sites for hydroxylation is 1. The number of aromatic nitrogens is 7. The lowest BCUT2D eigenvalue weighted by Crippen LogP contribution is -2.25. The molecule has 0 unspecified atom stereocenters. The molecule has 33 heavy (non-hydrogen) atoms. The van der Waals surface area contributed by atoms with Gasteiger partial charge in [-0.3, -0.25) is 14.9 Å². The van der Waals surface area contributed by atoms with Crippen LogP contribution in [0.25, 0.3) is 11.4 Å². The minimum Gasteiger partial charge on any atom is -0.378 e. The zero-order valence-electron chi connectivity index (χ0n) is 18.2. The summed E-state index contributed by atoms with van der Waals surface area (Å²) in [5.41, 5.74) is 2.29. The molecule has 0 atom stereocenters. The van der Waals surface area contributed by atoms with Gasteiger partial charge in [-0.1, -0.05) is 12.5 Å². The van der Waals surface area contributed by atoms with Crippen LogP contribution in [0.5, 0.6) is 0 Å². The third-order valence-electron chi connectivity index (χ3n) is 5.65. The summed E-state index contributed by atoms with van der Waals surface area (Å²) < 4.78 is 2.14. The summed E-state index contributed by atoms with van der Waals surface area (Å²) in [6.45, 7) is 1.73. The monoisotopic (exact) mass is 443 g/mol. The van der Waals surface area contributed by atoms with Crippen LogP contribution in [0.4, 0.5) is 5.69 Å². The molecule has 0 bridgehead atoms. The van der Waals surface area contributed by atoms with Crippen LogP contribution in [-0.2, 0) is 26.1 Å². The van der Waals surface area contributed by atoms with Gasteiger partial charge >= 0.3 is 0 Å². The minimum atomic E-state index is -0.149. The molecule has 4 heterocycles. The lowest BCUT2D eigenvalue weighted by Gasteiger charge is -2.09. The molecule has 168 valence electrons. The Bertz CT molecular complexity index is 1230. The molecule has 10 heteroatoms. The van der Waals surface area contributed by atoms with Crippen LogP contribution < -0.4 is 10.6 Å². The topological polar surface area (TPSA) is 126 Å². The van der Waals surface area contributed by atoms with Crippen LogP contribution in [0.1, 0.15) is 47.1 Å². The summed E-state index contributed by atoms with van der Waals surface area (Å²) >= 11 is 0. The smallest absolute Gasteiger partial charge is 0.251 e. The average Bonchev–Trinajstić information content (AvgIpc) is 3.42. The van der Waals surface area contributed by atoms with Gasteiger partial charge in [0.05, 0.1) is 13.1 Å². The van der Waals surface area contributed by atoms with E-state index in [4.69, 9.17) is 0 Å². The SMILES string of the molecule is O=C(NCc1nnc2n1CCCCC2)c1cccc(NCc2nc(-c3ccncc3)n[nH]2)c1. The molecule has 0 spiro atoms. The van der Waals surface area contributed by atoms with E-state index in [9.17, 15) is 4.79 Å². The number of aromatic amines is 1. The van der Waals surface area contributed by atoms with Gasteiger partial charge in [0.15, 0.2) is 11.6 Å². The van der Waals surface area contributed by atoms with E-state index in [1.807, 2.05) is 30.3 Å². The summed E-state index contributed by atoms with van der Waals surface area (Å²) in [5, 5.41) is 22.0. The van der Waals surface area contributed by atoms with Crippen molar-refractivity contribution in [2.45, 2.75) is 45.3 Å². The van der Waals surface area contributed by atoms with E-state index in [0.717, 1.165) is 48.7 Å². The fourth-order valence-electron chi connectivity index (χ4n) is 3.90. The average molecular weight is 444 g/mol. The highest BCUT2D eigenvalue weighted by molar-refractivity contribution is 5.95. The van der Waals surface area contributed by atoms with Crippen LogP contribution >= 0.6 is 0 Å². The summed E-state index contributed by atoms with van der Waals surface area (Å²) in [5.74, 6) is 2.99. The van der Waals surface area contributed by atoms with E-state index in [1.165, 1.54) is 6.42 Å². The van der Waals surface area contributed by atoms with Gasteiger partial charge in [-0.25, -0.2) is 4.98 Å². The van der Waals surface area contributed by atoms with Crippen molar-refractivity contribution in [3.8, 4) is 11.4 Å². The maximum absolute atomic E-state index is 12.7. The quantitative estimate of drug-likeness (QED) is 0.401. The maximum Gasteiger partial charge on any atom is 0.251 e. The number of hydrogen-bond acceptors (Lipinski definition) is 7. The molecule has 0 saturated carbocycles. The maximum atomic E-state index is 12.7. The van der Waals surface area contributed by atoms with E-state index >= 15 is 0 Å². The first kappa shape index (κ1) is 20.8. The van der Waals surface area contributed by atoms with Gasteiger partial charge in [0.2, 0.25) is 0 Å². The molecular formula is C23H25N9O. The Balaban J connectivity index is 1.18. The number of pyridine rings is 1. The van der Waals surface area contributed by atoms with Gasteiger partial charge in [-0.2, -0.15) is 5.10 Å². The van der Waals surface area contributed by atoms with Crippen molar-refractivity contribution in [1.82, 2.24) is 40.2 Å². The van der Waals surface area contributed by atoms with Crippen LogP contribution in [0.3, 0.4) is 0 Å². The van der Waals surface area contributed by atoms with Gasteiger partial charge in [-0.05, 0) is 43.2 Å². The van der Waals surface area contributed by atoms with Gasteiger partial charge < -0.3 is 15.2 Å². The number of benzene rings is 1. The molecule has 3 N–H and O–H groups in total. The summed E-state index contributed by atoms with van der Waals surface area (Å²) in [6.07, 6.45) is 7.83. The van der Waals surface area contributed by atoms with Crippen LogP contribution in [-0.4, -0.2) is 40.8 Å². The van der Waals surface area contributed by atoms with Gasteiger partial charge in [0.25, 0.3) is 5.91 Å². The highest BCUT2D eigenvalue weighted by Crippen LogP contribution is 2.16. The lowest BCUT2D eigenvalue weighted by molar-refractivity contribution is 0.0949. The Hall–Kier alpha value is -4.08. The largest absolute Gasteiger partial charge is 0.378 e. The first-order chi connectivity index (χ1) is 16.3. The third kappa shape index (κ3) is 4.89. The summed E-state index contributed by atoms with van der Waals surface area (Å²) in [6, 6.07) is 11.1. The standard InChI is InChI=1S/C23H25N9O/c33-23(26-15-21-30-29-20-7-2-1-3-12-32(20)21)17-5-4-6-18(13-17)25-14-19-27-22(31-28-19)16-8-10-24-11-9-16/h4-6,8-11,13,25H,1-3,7,12,14-15H2,(H,26,33)(H,27,28,31). The molecule has 0 radical (unpaired) electrons. The predicted molar refractivity (Wildman–Crippen MR) is 122 cm³/mol. The molecule has 1 amide bonds. The zero-order valence-corrected chi connectivity index (χ0v) is 18.2. The number of hydrogen-bond donors (Lipinski definition) is 3. The summed E-state index contributed by atoms with van der Waals surface area (Å²) in [4.78, 5) is 21.2. The van der Waals surface area contributed by atoms with Crippen LogP contribution in [0.2, 0.25) is 0 Å². The normalized spacial score (nSPS) is 13.2. The molecular weight excluding hydrogens is 418 g/mol. The molecule has 0 fully saturated rings. The van der Waals surface area contributed by atoms with Gasteiger partial charge in [0.1, 0.15) is 11.6 Å². The Morgan fingerprint density at radius 3 is 2.88 bits per heavy atom. The fraction of sp³-hybridized carbons (Fsp3) is 0.304. The zero-order chi connectivity index (χ0) is 22.5. The highest BCUT2D eigenvalue weighted by atomic mass is 16.1. The molecule has 3 aromatic heterocycles. The molecule has 10 nitrogen and oxygen atoms in total. The molecule has 4 aromatic rings. The molecule has 5 rings (SSSR count). The second-order valence-electron chi connectivity index (χ2n) is 7.95. The number of rotatable bonds is 7. The first-order valence-electron chi connectivity index (χ1n) is 11.1. The van der Waals surface area contributed by atoms with Gasteiger partial charge in [-0.15, -0.1) is 10.2 Å². The van der Waals surface area contributed by atoms with E-state index < -0.39 is 0 Å². The lowest BCUT2D eigenvalue weighted by atomic mass is 10.2. The van der Waals surface area contributed by atoms with E-state index in [-0.39, 0.29) is 5.91 Å². The van der Waals surface area contributed by atoms with Crippen molar-refractivity contribution >= 4 is 11.6 Å². The van der Waals surface area contributed by atoms with Crippen LogP contribution in [0.15, 0.2) is 48.8 Å². The van der Waals surface area contributed by atoms with Gasteiger partial charge in [0, 0.05) is 42.2 Å². The highest BCUT2D eigenvalue weighted by Gasteiger charge is 2.15. The number of amides is 1. The summed E-state index contributed by atoms with van der Waals surface area (Å²) in [7, 11) is 0. The molecule has 1 aliphatic heterocycles. The number of carbonyl (C=O) groups is 1. The predicted octanol–water partition coefficient (Wildman–Crippen LogP) is 2.73. The van der Waals surface area contributed by atoms with Crippen molar-refractivity contribution in [3.63, 3.8) is 0 Å². The minimum absolute atomic E-state index is 0.149. The van der Waals surface area contributed by atoms with Crippen molar-refractivity contribution in [3.05, 3.63) is 71.8 Å².